The van der Waals surface area contributed by atoms with Gasteiger partial charge in [0.15, 0.2) is 0 Å². The molecular weight excluding hydrogens is 238 g/mol. The molecule has 3 heteroatoms. The highest BCUT2D eigenvalue weighted by Crippen LogP contribution is 2.07. The normalized spacial score (nSPS) is 10.3. The molecule has 0 spiro atoms. The standard InChI is InChI=1S/C16H23NO2/c1-2-10-17(11-13-19)14-16-8-6-15(7-9-16)5-3-4-12-18/h6-9,18-19H,2,4,10-14H2,1H3. The molecule has 0 aromatic heterocycles. The second kappa shape index (κ2) is 9.57. The zero-order valence-corrected chi connectivity index (χ0v) is 11.6. The van der Waals surface area contributed by atoms with Crippen LogP contribution in [0, 0.1) is 11.8 Å². The third-order valence-corrected chi connectivity index (χ3v) is 2.79. The van der Waals surface area contributed by atoms with Crippen LogP contribution in [-0.4, -0.2) is 41.4 Å². The highest BCUT2D eigenvalue weighted by atomic mass is 16.3. The zero-order valence-electron chi connectivity index (χ0n) is 11.6. The van der Waals surface area contributed by atoms with E-state index in [-0.39, 0.29) is 13.2 Å². The summed E-state index contributed by atoms with van der Waals surface area (Å²) >= 11 is 0. The van der Waals surface area contributed by atoms with Gasteiger partial charge in [-0.05, 0) is 30.7 Å². The molecular formula is C16H23NO2. The summed E-state index contributed by atoms with van der Waals surface area (Å²) in [6.07, 6.45) is 1.60. The highest BCUT2D eigenvalue weighted by molar-refractivity contribution is 5.36. The number of aliphatic hydroxyl groups is 2. The van der Waals surface area contributed by atoms with Crippen molar-refractivity contribution in [1.82, 2.24) is 4.90 Å². The molecule has 0 unspecified atom stereocenters. The summed E-state index contributed by atoms with van der Waals surface area (Å²) in [4.78, 5) is 2.24. The molecule has 1 aromatic carbocycles. The predicted molar refractivity (Wildman–Crippen MR) is 77.7 cm³/mol. The van der Waals surface area contributed by atoms with Gasteiger partial charge >= 0.3 is 0 Å². The van der Waals surface area contributed by atoms with Crippen LogP contribution in [0.15, 0.2) is 24.3 Å². The first-order valence-electron chi connectivity index (χ1n) is 6.82. The molecule has 0 saturated carbocycles. The van der Waals surface area contributed by atoms with Crippen molar-refractivity contribution in [2.75, 3.05) is 26.3 Å². The van der Waals surface area contributed by atoms with E-state index in [1.165, 1.54) is 5.56 Å². The molecule has 0 heterocycles. The molecule has 0 aliphatic carbocycles. The van der Waals surface area contributed by atoms with Crippen molar-refractivity contribution in [3.05, 3.63) is 35.4 Å². The van der Waals surface area contributed by atoms with Gasteiger partial charge in [0.25, 0.3) is 0 Å². The minimum Gasteiger partial charge on any atom is -0.395 e. The smallest absolute Gasteiger partial charge is 0.0558 e. The minimum atomic E-state index is 0.109. The van der Waals surface area contributed by atoms with Gasteiger partial charge in [-0.2, -0.15) is 0 Å². The minimum absolute atomic E-state index is 0.109. The van der Waals surface area contributed by atoms with E-state index in [1.807, 2.05) is 12.1 Å². The fraction of sp³-hybridized carbons (Fsp3) is 0.500. The van der Waals surface area contributed by atoms with Crippen molar-refractivity contribution in [3.63, 3.8) is 0 Å². The Morgan fingerprint density at radius 3 is 2.37 bits per heavy atom. The number of rotatable bonds is 7. The molecule has 0 aliphatic rings. The summed E-state index contributed by atoms with van der Waals surface area (Å²) in [6, 6.07) is 8.15. The predicted octanol–water partition coefficient (Wildman–Crippen LogP) is 1.62. The van der Waals surface area contributed by atoms with E-state index >= 15 is 0 Å². The van der Waals surface area contributed by atoms with Crippen molar-refractivity contribution >= 4 is 0 Å². The van der Waals surface area contributed by atoms with Crippen LogP contribution in [0.2, 0.25) is 0 Å². The summed E-state index contributed by atoms with van der Waals surface area (Å²) < 4.78 is 0. The van der Waals surface area contributed by atoms with Crippen LogP contribution < -0.4 is 0 Å². The van der Waals surface area contributed by atoms with Gasteiger partial charge in [-0.3, -0.25) is 4.90 Å². The Morgan fingerprint density at radius 2 is 1.79 bits per heavy atom. The molecule has 0 fully saturated rings. The SMILES string of the molecule is CCCN(CCO)Cc1ccc(C#CCCO)cc1. The molecule has 0 bridgehead atoms. The molecule has 104 valence electrons. The van der Waals surface area contributed by atoms with Crippen LogP contribution in [0.5, 0.6) is 0 Å². The molecule has 0 saturated heterocycles. The molecule has 19 heavy (non-hydrogen) atoms. The fourth-order valence-corrected chi connectivity index (χ4v) is 1.90. The van der Waals surface area contributed by atoms with E-state index in [4.69, 9.17) is 10.2 Å². The monoisotopic (exact) mass is 261 g/mol. The van der Waals surface area contributed by atoms with Crippen molar-refractivity contribution in [2.24, 2.45) is 0 Å². The quantitative estimate of drug-likeness (QED) is 0.733. The van der Waals surface area contributed by atoms with Gasteiger partial charge in [-0.25, -0.2) is 0 Å². The molecule has 1 rings (SSSR count). The molecule has 3 nitrogen and oxygen atoms in total. The maximum absolute atomic E-state index is 9.03. The summed E-state index contributed by atoms with van der Waals surface area (Å²) in [7, 11) is 0. The Morgan fingerprint density at radius 1 is 1.05 bits per heavy atom. The molecule has 2 N–H and O–H groups in total. The van der Waals surface area contributed by atoms with E-state index < -0.39 is 0 Å². The van der Waals surface area contributed by atoms with Gasteiger partial charge < -0.3 is 10.2 Å². The Hall–Kier alpha value is -1.34. The zero-order chi connectivity index (χ0) is 13.9. The lowest BCUT2D eigenvalue weighted by molar-refractivity contribution is 0.190. The number of hydrogen-bond donors (Lipinski definition) is 2. The van der Waals surface area contributed by atoms with Gasteiger partial charge in [0.05, 0.1) is 13.2 Å². The van der Waals surface area contributed by atoms with E-state index in [2.05, 4.69) is 35.8 Å². The number of hydrogen-bond acceptors (Lipinski definition) is 3. The van der Waals surface area contributed by atoms with Crippen LogP contribution in [0.4, 0.5) is 0 Å². The molecule has 0 radical (unpaired) electrons. The lowest BCUT2D eigenvalue weighted by Crippen LogP contribution is -2.27. The second-order valence-electron chi connectivity index (χ2n) is 4.47. The highest BCUT2D eigenvalue weighted by Gasteiger charge is 2.03. The first kappa shape index (κ1) is 15.7. The summed E-state index contributed by atoms with van der Waals surface area (Å²) in [5.41, 5.74) is 2.20. The lowest BCUT2D eigenvalue weighted by Gasteiger charge is -2.20. The lowest BCUT2D eigenvalue weighted by atomic mass is 10.1. The van der Waals surface area contributed by atoms with Crippen molar-refractivity contribution in [3.8, 4) is 11.8 Å². The van der Waals surface area contributed by atoms with E-state index in [1.54, 1.807) is 0 Å². The maximum atomic E-state index is 9.03. The summed E-state index contributed by atoms with van der Waals surface area (Å²) in [5, 5.41) is 17.7. The molecule has 1 aromatic rings. The Kier molecular flexibility index (Phi) is 7.92. The average molecular weight is 261 g/mol. The number of aliphatic hydroxyl groups excluding tert-OH is 2. The van der Waals surface area contributed by atoms with Gasteiger partial charge in [0.2, 0.25) is 0 Å². The van der Waals surface area contributed by atoms with Gasteiger partial charge in [-0.15, -0.1) is 0 Å². The van der Waals surface area contributed by atoms with Crippen molar-refractivity contribution < 1.29 is 10.2 Å². The Labute approximate surface area is 115 Å². The van der Waals surface area contributed by atoms with Crippen LogP contribution >= 0.6 is 0 Å². The third kappa shape index (κ3) is 6.40. The van der Waals surface area contributed by atoms with Crippen LogP contribution in [-0.2, 0) is 6.54 Å². The van der Waals surface area contributed by atoms with Crippen LogP contribution in [0.1, 0.15) is 30.9 Å². The van der Waals surface area contributed by atoms with E-state index in [0.717, 1.165) is 25.1 Å². The summed E-state index contributed by atoms with van der Waals surface area (Å²) in [5.74, 6) is 5.92. The average Bonchev–Trinajstić information content (AvgIpc) is 2.42. The Balaban J connectivity index is 2.58. The van der Waals surface area contributed by atoms with Crippen molar-refractivity contribution in [1.29, 1.82) is 0 Å². The van der Waals surface area contributed by atoms with E-state index in [0.29, 0.717) is 13.0 Å². The molecule has 0 atom stereocenters. The van der Waals surface area contributed by atoms with Gasteiger partial charge in [-0.1, -0.05) is 30.9 Å². The Bertz CT molecular complexity index is 397. The topological polar surface area (TPSA) is 43.7 Å². The number of benzene rings is 1. The maximum Gasteiger partial charge on any atom is 0.0558 e. The number of nitrogens with zero attached hydrogens (tertiary/aromatic N) is 1. The fourth-order valence-electron chi connectivity index (χ4n) is 1.90. The van der Waals surface area contributed by atoms with Crippen LogP contribution in [0.25, 0.3) is 0 Å². The first-order chi connectivity index (χ1) is 9.30. The molecule has 0 amide bonds. The van der Waals surface area contributed by atoms with Gasteiger partial charge in [0, 0.05) is 25.1 Å². The third-order valence-electron chi connectivity index (χ3n) is 2.79. The van der Waals surface area contributed by atoms with Crippen LogP contribution in [0.3, 0.4) is 0 Å². The van der Waals surface area contributed by atoms with E-state index in [9.17, 15) is 0 Å². The first-order valence-corrected chi connectivity index (χ1v) is 6.82. The van der Waals surface area contributed by atoms with Gasteiger partial charge in [0.1, 0.15) is 0 Å². The largest absolute Gasteiger partial charge is 0.395 e. The van der Waals surface area contributed by atoms with Crippen molar-refractivity contribution in [2.45, 2.75) is 26.3 Å². The second-order valence-corrected chi connectivity index (χ2v) is 4.47. The molecule has 0 aliphatic heterocycles. The summed E-state index contributed by atoms with van der Waals surface area (Å²) in [6.45, 7) is 5.02.